The fourth-order valence-electron chi connectivity index (χ4n) is 1.64. The zero-order chi connectivity index (χ0) is 12.4. The maximum atomic E-state index is 13.5. The van der Waals surface area contributed by atoms with Crippen LogP contribution in [0.4, 0.5) is 8.78 Å². The second-order valence-electron chi connectivity index (χ2n) is 3.87. The predicted molar refractivity (Wildman–Crippen MR) is 66.4 cm³/mol. The van der Waals surface area contributed by atoms with Crippen LogP contribution in [0, 0.1) is 25.5 Å². The van der Waals surface area contributed by atoms with Gasteiger partial charge in [-0.2, -0.15) is 0 Å². The molecule has 0 saturated heterocycles. The zero-order valence-corrected chi connectivity index (χ0v) is 10.4. The van der Waals surface area contributed by atoms with Gasteiger partial charge in [-0.25, -0.2) is 8.78 Å². The molecule has 0 aliphatic heterocycles. The van der Waals surface area contributed by atoms with Gasteiger partial charge in [0.15, 0.2) is 0 Å². The minimum absolute atomic E-state index is 0.0601. The van der Waals surface area contributed by atoms with Gasteiger partial charge in [0.2, 0.25) is 0 Å². The minimum Gasteiger partial charge on any atom is -0.206 e. The van der Waals surface area contributed by atoms with Crippen LogP contribution in [-0.2, 0) is 0 Å². The van der Waals surface area contributed by atoms with Crippen molar-refractivity contribution in [1.82, 2.24) is 0 Å². The molecule has 3 heteroatoms. The van der Waals surface area contributed by atoms with E-state index in [0.29, 0.717) is 0 Å². The zero-order valence-electron chi connectivity index (χ0n) is 9.63. The highest BCUT2D eigenvalue weighted by Crippen LogP contribution is 2.35. The first-order valence-electron chi connectivity index (χ1n) is 5.27. The number of hydrogen-bond donors (Lipinski definition) is 0. The second kappa shape index (κ2) is 4.88. The van der Waals surface area contributed by atoms with Crippen LogP contribution < -0.4 is 0 Å². The van der Waals surface area contributed by atoms with Crippen molar-refractivity contribution < 1.29 is 8.78 Å². The molecule has 0 amide bonds. The van der Waals surface area contributed by atoms with Gasteiger partial charge in [-0.3, -0.25) is 0 Å². The molecule has 2 rings (SSSR count). The van der Waals surface area contributed by atoms with Gasteiger partial charge in [-0.15, -0.1) is 0 Å². The quantitative estimate of drug-likeness (QED) is 0.742. The van der Waals surface area contributed by atoms with Crippen molar-refractivity contribution in [1.29, 1.82) is 0 Å². The van der Waals surface area contributed by atoms with Crippen molar-refractivity contribution in [3.8, 4) is 0 Å². The van der Waals surface area contributed by atoms with Gasteiger partial charge in [0.1, 0.15) is 11.6 Å². The molecule has 0 bridgehead atoms. The smallest absolute Gasteiger partial charge is 0.140 e. The maximum Gasteiger partial charge on any atom is 0.140 e. The summed E-state index contributed by atoms with van der Waals surface area (Å²) in [6, 6.07) is 9.74. The third-order valence-electron chi connectivity index (χ3n) is 2.53. The first-order valence-corrected chi connectivity index (χ1v) is 6.09. The molecule has 0 saturated carbocycles. The number of halogens is 2. The fraction of sp³-hybridized carbons (Fsp3) is 0.143. The van der Waals surface area contributed by atoms with E-state index in [2.05, 4.69) is 0 Å². The average Bonchev–Trinajstić information content (AvgIpc) is 2.27. The molecule has 0 spiro atoms. The summed E-state index contributed by atoms with van der Waals surface area (Å²) in [4.78, 5) is 0.974. The summed E-state index contributed by atoms with van der Waals surface area (Å²) in [5, 5.41) is 0. The van der Waals surface area contributed by atoms with E-state index >= 15 is 0 Å². The van der Waals surface area contributed by atoms with Crippen molar-refractivity contribution in [2.75, 3.05) is 0 Å². The van der Waals surface area contributed by atoms with E-state index in [1.165, 1.54) is 18.2 Å². The van der Waals surface area contributed by atoms with Crippen molar-refractivity contribution in [3.63, 3.8) is 0 Å². The number of hydrogen-bond acceptors (Lipinski definition) is 1. The Labute approximate surface area is 104 Å². The first-order chi connectivity index (χ1) is 8.09. The lowest BCUT2D eigenvalue weighted by Gasteiger charge is -2.10. The summed E-state index contributed by atoms with van der Waals surface area (Å²) in [6.45, 7) is 3.88. The lowest BCUT2D eigenvalue weighted by Crippen LogP contribution is -1.90. The molecular formula is C14H12F2S. The first kappa shape index (κ1) is 12.1. The molecule has 0 fully saturated rings. The Kier molecular flexibility index (Phi) is 3.48. The van der Waals surface area contributed by atoms with Crippen molar-refractivity contribution in [2.45, 2.75) is 23.6 Å². The second-order valence-corrected chi connectivity index (χ2v) is 4.89. The van der Waals surface area contributed by atoms with Gasteiger partial charge in [-0.05, 0) is 37.1 Å². The highest BCUT2D eigenvalue weighted by molar-refractivity contribution is 7.99. The minimum atomic E-state index is -0.516. The van der Waals surface area contributed by atoms with Gasteiger partial charge in [-0.1, -0.05) is 36.0 Å². The van der Waals surface area contributed by atoms with Crippen molar-refractivity contribution in [2.24, 2.45) is 0 Å². The lowest BCUT2D eigenvalue weighted by molar-refractivity contribution is 0.540. The van der Waals surface area contributed by atoms with Crippen LogP contribution in [0.25, 0.3) is 0 Å². The average molecular weight is 250 g/mol. The Bertz CT molecular complexity index is 460. The van der Waals surface area contributed by atoms with Crippen LogP contribution in [0.1, 0.15) is 11.1 Å². The molecule has 2 aromatic rings. The Balaban J connectivity index is 2.45. The van der Waals surface area contributed by atoms with Crippen LogP contribution >= 0.6 is 11.8 Å². The molecule has 0 radical (unpaired) electrons. The van der Waals surface area contributed by atoms with Gasteiger partial charge in [0, 0.05) is 4.90 Å². The molecule has 17 heavy (non-hydrogen) atoms. The fourth-order valence-corrected chi connectivity index (χ4v) is 2.64. The number of rotatable bonds is 2. The molecule has 2 aromatic carbocycles. The molecular weight excluding hydrogens is 238 g/mol. The highest BCUT2D eigenvalue weighted by Gasteiger charge is 2.12. The summed E-state index contributed by atoms with van der Waals surface area (Å²) in [7, 11) is 0. The van der Waals surface area contributed by atoms with E-state index in [4.69, 9.17) is 0 Å². The van der Waals surface area contributed by atoms with Gasteiger partial charge >= 0.3 is 0 Å². The topological polar surface area (TPSA) is 0 Å². The van der Waals surface area contributed by atoms with Crippen molar-refractivity contribution >= 4 is 11.8 Å². The largest absolute Gasteiger partial charge is 0.206 e. The molecule has 0 nitrogen and oxygen atoms in total. The molecule has 0 aliphatic rings. The Morgan fingerprint density at radius 3 is 1.76 bits per heavy atom. The third kappa shape index (κ3) is 2.50. The summed E-state index contributed by atoms with van der Waals surface area (Å²) in [6.07, 6.45) is 0. The number of aryl methyl sites for hydroxylation is 2. The third-order valence-corrected chi connectivity index (χ3v) is 3.97. The van der Waals surface area contributed by atoms with E-state index in [0.717, 1.165) is 27.8 Å². The van der Waals surface area contributed by atoms with Gasteiger partial charge in [0.25, 0.3) is 0 Å². The predicted octanol–water partition coefficient (Wildman–Crippen LogP) is 4.73. The van der Waals surface area contributed by atoms with E-state index in [1.54, 1.807) is 0 Å². The normalized spacial score (nSPS) is 10.6. The standard InChI is InChI=1S/C14H12F2S/c1-9-5-3-6-10(2)13(9)17-14-11(15)7-4-8-12(14)16/h3-8H,1-2H3. The maximum absolute atomic E-state index is 13.5. The molecule has 0 aliphatic carbocycles. The SMILES string of the molecule is Cc1cccc(C)c1Sc1c(F)cccc1F. The van der Waals surface area contributed by atoms with E-state index in [1.807, 2.05) is 32.0 Å². The highest BCUT2D eigenvalue weighted by atomic mass is 32.2. The molecule has 0 N–H and O–H groups in total. The van der Waals surface area contributed by atoms with Crippen LogP contribution in [-0.4, -0.2) is 0 Å². The van der Waals surface area contributed by atoms with Crippen LogP contribution in [0.15, 0.2) is 46.2 Å². The van der Waals surface area contributed by atoms with Crippen LogP contribution in [0.3, 0.4) is 0 Å². The molecule has 0 unspecified atom stereocenters. The monoisotopic (exact) mass is 250 g/mol. The Hall–Kier alpha value is -1.35. The van der Waals surface area contributed by atoms with E-state index < -0.39 is 11.6 Å². The van der Waals surface area contributed by atoms with Crippen LogP contribution in [0.2, 0.25) is 0 Å². The van der Waals surface area contributed by atoms with E-state index in [-0.39, 0.29) is 4.90 Å². The van der Waals surface area contributed by atoms with Crippen molar-refractivity contribution in [3.05, 3.63) is 59.2 Å². The van der Waals surface area contributed by atoms with Gasteiger partial charge < -0.3 is 0 Å². The Morgan fingerprint density at radius 1 is 0.765 bits per heavy atom. The van der Waals surface area contributed by atoms with Crippen LogP contribution in [0.5, 0.6) is 0 Å². The lowest BCUT2D eigenvalue weighted by atomic mass is 10.2. The summed E-state index contributed by atoms with van der Waals surface area (Å²) in [5.74, 6) is -1.03. The van der Waals surface area contributed by atoms with E-state index in [9.17, 15) is 8.78 Å². The molecule has 0 aromatic heterocycles. The Morgan fingerprint density at radius 2 is 1.24 bits per heavy atom. The molecule has 88 valence electrons. The molecule has 0 heterocycles. The molecule has 0 atom stereocenters. The number of benzene rings is 2. The van der Waals surface area contributed by atoms with Gasteiger partial charge in [0.05, 0.1) is 4.90 Å². The summed E-state index contributed by atoms with van der Waals surface area (Å²) < 4.78 is 27.1. The summed E-state index contributed by atoms with van der Waals surface area (Å²) >= 11 is 1.14. The summed E-state index contributed by atoms with van der Waals surface area (Å²) in [5.41, 5.74) is 2.05.